The Morgan fingerprint density at radius 1 is 1.33 bits per heavy atom. The second-order valence-electron chi connectivity index (χ2n) is 5.39. The molecule has 1 aliphatic heterocycles. The van der Waals surface area contributed by atoms with Gasteiger partial charge in [-0.15, -0.1) is 0 Å². The fourth-order valence-corrected chi connectivity index (χ4v) is 3.61. The highest BCUT2D eigenvalue weighted by atomic mass is 32.2. The molecule has 0 amide bonds. The first kappa shape index (κ1) is 14.2. The summed E-state index contributed by atoms with van der Waals surface area (Å²) in [4.78, 5) is 10.6. The van der Waals surface area contributed by atoms with Crippen molar-refractivity contribution in [3.8, 4) is 0 Å². The van der Waals surface area contributed by atoms with Crippen LogP contribution >= 0.6 is 0 Å². The standard InChI is InChI=1S/C13H17N5O2S/c1-21(19,20)12-6-16-17-13(12)11-2-3-18(8-11)7-10-4-14-9-15-5-10/h4-6,9,11H,2-3,7-8H2,1H3,(H,16,17)/t11-/m1/s1. The third kappa shape index (κ3) is 3.11. The second-order valence-corrected chi connectivity index (χ2v) is 7.37. The molecule has 7 nitrogen and oxygen atoms in total. The van der Waals surface area contributed by atoms with Crippen molar-refractivity contribution in [1.82, 2.24) is 25.1 Å². The van der Waals surface area contributed by atoms with Gasteiger partial charge in [0, 0.05) is 43.2 Å². The fourth-order valence-electron chi connectivity index (χ4n) is 2.75. The highest BCUT2D eigenvalue weighted by Crippen LogP contribution is 2.30. The van der Waals surface area contributed by atoms with E-state index in [4.69, 9.17) is 0 Å². The minimum Gasteiger partial charge on any atom is -0.298 e. The molecule has 1 saturated heterocycles. The Morgan fingerprint density at radius 3 is 2.81 bits per heavy atom. The van der Waals surface area contributed by atoms with Crippen molar-refractivity contribution in [2.24, 2.45) is 0 Å². The van der Waals surface area contributed by atoms with Gasteiger partial charge in [-0.25, -0.2) is 18.4 Å². The molecule has 0 unspecified atom stereocenters. The average molecular weight is 307 g/mol. The number of aromatic nitrogens is 4. The van der Waals surface area contributed by atoms with E-state index in [-0.39, 0.29) is 5.92 Å². The van der Waals surface area contributed by atoms with E-state index in [0.717, 1.165) is 37.3 Å². The van der Waals surface area contributed by atoms with Crippen LogP contribution < -0.4 is 0 Å². The van der Waals surface area contributed by atoms with Crippen LogP contribution in [0.3, 0.4) is 0 Å². The van der Waals surface area contributed by atoms with Crippen molar-refractivity contribution in [3.05, 3.63) is 36.2 Å². The lowest BCUT2D eigenvalue weighted by Gasteiger charge is -2.15. The van der Waals surface area contributed by atoms with E-state index in [0.29, 0.717) is 4.90 Å². The molecule has 0 aliphatic carbocycles. The maximum atomic E-state index is 11.8. The third-order valence-corrected chi connectivity index (χ3v) is 4.86. The van der Waals surface area contributed by atoms with Gasteiger partial charge >= 0.3 is 0 Å². The molecule has 1 fully saturated rings. The summed E-state index contributed by atoms with van der Waals surface area (Å²) in [5, 5.41) is 6.76. The average Bonchev–Trinajstić information content (AvgIpc) is 3.07. The summed E-state index contributed by atoms with van der Waals surface area (Å²) >= 11 is 0. The first-order chi connectivity index (χ1) is 10.0. The molecule has 0 radical (unpaired) electrons. The Kier molecular flexibility index (Phi) is 3.73. The Balaban J connectivity index is 1.72. The molecule has 2 aromatic heterocycles. The zero-order valence-electron chi connectivity index (χ0n) is 11.7. The highest BCUT2D eigenvalue weighted by molar-refractivity contribution is 7.90. The second kappa shape index (κ2) is 5.53. The number of hydrogen-bond acceptors (Lipinski definition) is 6. The van der Waals surface area contributed by atoms with E-state index in [1.807, 2.05) is 0 Å². The van der Waals surface area contributed by atoms with Crippen LogP contribution in [0.25, 0.3) is 0 Å². The van der Waals surface area contributed by atoms with Gasteiger partial charge in [0.05, 0.1) is 11.9 Å². The first-order valence-corrected chi connectivity index (χ1v) is 8.63. The van der Waals surface area contributed by atoms with Gasteiger partial charge in [-0.3, -0.25) is 10.00 Å². The number of H-pyrrole nitrogens is 1. The molecule has 1 aliphatic rings. The van der Waals surface area contributed by atoms with Gasteiger partial charge < -0.3 is 0 Å². The Morgan fingerprint density at radius 2 is 2.10 bits per heavy atom. The molecule has 3 heterocycles. The summed E-state index contributed by atoms with van der Waals surface area (Å²) in [6.07, 6.45) is 8.66. The first-order valence-electron chi connectivity index (χ1n) is 6.73. The van der Waals surface area contributed by atoms with E-state index in [2.05, 4.69) is 25.1 Å². The van der Waals surface area contributed by atoms with Crippen molar-refractivity contribution < 1.29 is 8.42 Å². The van der Waals surface area contributed by atoms with Crippen LogP contribution in [0, 0.1) is 0 Å². The molecule has 0 aromatic carbocycles. The Labute approximate surface area is 123 Å². The number of nitrogens with one attached hydrogen (secondary N) is 1. The van der Waals surface area contributed by atoms with Crippen LogP contribution in [0.1, 0.15) is 23.6 Å². The van der Waals surface area contributed by atoms with Crippen molar-refractivity contribution in [1.29, 1.82) is 0 Å². The molecule has 2 aromatic rings. The lowest BCUT2D eigenvalue weighted by Crippen LogP contribution is -2.20. The lowest BCUT2D eigenvalue weighted by molar-refractivity contribution is 0.325. The molecule has 0 bridgehead atoms. The minimum atomic E-state index is -3.24. The molecule has 8 heteroatoms. The number of aromatic amines is 1. The van der Waals surface area contributed by atoms with E-state index < -0.39 is 9.84 Å². The van der Waals surface area contributed by atoms with Crippen LogP contribution in [0.5, 0.6) is 0 Å². The molecule has 112 valence electrons. The summed E-state index contributed by atoms with van der Waals surface area (Å²) in [7, 11) is -3.24. The summed E-state index contributed by atoms with van der Waals surface area (Å²) in [5.74, 6) is 0.168. The number of likely N-dealkylation sites (tertiary alicyclic amines) is 1. The zero-order valence-corrected chi connectivity index (χ0v) is 12.5. The Hall–Kier alpha value is -1.80. The van der Waals surface area contributed by atoms with Crippen molar-refractivity contribution in [3.63, 3.8) is 0 Å². The third-order valence-electron chi connectivity index (χ3n) is 3.73. The predicted octanol–water partition coefficient (Wildman–Crippen LogP) is 0.593. The van der Waals surface area contributed by atoms with Crippen LogP contribution in [0.15, 0.2) is 29.8 Å². The number of hydrogen-bond donors (Lipinski definition) is 1. The smallest absolute Gasteiger partial charge is 0.178 e. The molecule has 0 spiro atoms. The maximum Gasteiger partial charge on any atom is 0.178 e. The SMILES string of the molecule is CS(=O)(=O)c1cn[nH]c1[C@@H]1CCN(Cc2cncnc2)C1. The molecular formula is C13H17N5O2S. The van der Waals surface area contributed by atoms with Gasteiger partial charge in [0.2, 0.25) is 0 Å². The molecule has 1 atom stereocenters. The summed E-state index contributed by atoms with van der Waals surface area (Å²) in [6.45, 7) is 2.50. The number of nitrogens with zero attached hydrogens (tertiary/aromatic N) is 4. The normalized spacial score (nSPS) is 20.0. The largest absolute Gasteiger partial charge is 0.298 e. The molecular weight excluding hydrogens is 290 g/mol. The molecule has 0 saturated carbocycles. The van der Waals surface area contributed by atoms with E-state index in [1.165, 1.54) is 18.8 Å². The van der Waals surface area contributed by atoms with Crippen LogP contribution in [-0.4, -0.2) is 52.8 Å². The van der Waals surface area contributed by atoms with Crippen molar-refractivity contribution in [2.45, 2.75) is 23.8 Å². The monoisotopic (exact) mass is 307 g/mol. The van der Waals surface area contributed by atoms with E-state index >= 15 is 0 Å². The molecule has 1 N–H and O–H groups in total. The zero-order chi connectivity index (χ0) is 14.9. The van der Waals surface area contributed by atoms with E-state index in [1.54, 1.807) is 12.4 Å². The van der Waals surface area contributed by atoms with Crippen LogP contribution in [0.2, 0.25) is 0 Å². The number of rotatable bonds is 4. The molecule has 21 heavy (non-hydrogen) atoms. The lowest BCUT2D eigenvalue weighted by atomic mass is 10.1. The predicted molar refractivity (Wildman–Crippen MR) is 76.4 cm³/mol. The summed E-state index contributed by atoms with van der Waals surface area (Å²) in [5.41, 5.74) is 1.79. The molecule has 3 rings (SSSR count). The quantitative estimate of drug-likeness (QED) is 0.889. The fraction of sp³-hybridized carbons (Fsp3) is 0.462. The van der Waals surface area contributed by atoms with Crippen molar-refractivity contribution >= 4 is 9.84 Å². The maximum absolute atomic E-state index is 11.8. The minimum absolute atomic E-state index is 0.168. The Bertz CT molecular complexity index is 713. The number of sulfone groups is 1. The van der Waals surface area contributed by atoms with Crippen molar-refractivity contribution in [2.75, 3.05) is 19.3 Å². The summed E-state index contributed by atoms with van der Waals surface area (Å²) < 4.78 is 23.5. The van der Waals surface area contributed by atoms with Gasteiger partial charge in [-0.1, -0.05) is 0 Å². The van der Waals surface area contributed by atoms with Crippen LogP contribution in [0.4, 0.5) is 0 Å². The van der Waals surface area contributed by atoms with Gasteiger partial charge in [0.25, 0.3) is 0 Å². The topological polar surface area (TPSA) is 91.8 Å². The summed E-state index contributed by atoms with van der Waals surface area (Å²) in [6, 6.07) is 0. The van der Waals surface area contributed by atoms with Gasteiger partial charge in [-0.2, -0.15) is 5.10 Å². The highest BCUT2D eigenvalue weighted by Gasteiger charge is 2.29. The van der Waals surface area contributed by atoms with E-state index in [9.17, 15) is 8.42 Å². The van der Waals surface area contributed by atoms with Gasteiger partial charge in [0.1, 0.15) is 11.2 Å². The van der Waals surface area contributed by atoms with Gasteiger partial charge in [0.15, 0.2) is 9.84 Å². The van der Waals surface area contributed by atoms with Crippen LogP contribution in [-0.2, 0) is 16.4 Å². The van der Waals surface area contributed by atoms with Gasteiger partial charge in [-0.05, 0) is 13.0 Å².